The van der Waals surface area contributed by atoms with Crippen molar-refractivity contribution in [1.29, 1.82) is 0 Å². The molecule has 5 heteroatoms. The van der Waals surface area contributed by atoms with Crippen molar-refractivity contribution in [1.82, 2.24) is 0 Å². The first kappa shape index (κ1) is 12.1. The van der Waals surface area contributed by atoms with Crippen molar-refractivity contribution in [3.05, 3.63) is 28.5 Å². The summed E-state index contributed by atoms with van der Waals surface area (Å²) >= 11 is 3.20. The van der Waals surface area contributed by atoms with Crippen LogP contribution in [0.15, 0.2) is 22.7 Å². The Morgan fingerprint density at radius 3 is 2.93 bits per heavy atom. The average molecular weight is 275 g/mol. The van der Waals surface area contributed by atoms with E-state index in [4.69, 9.17) is 5.73 Å². The standard InChI is InChI=1S/C10H12BrFN2O/c11-7-3-4-8(12)9(6-7)14-10(15)2-1-5-13/h3-4,6H,1-2,5,13H2,(H,14,15). The molecule has 0 aliphatic heterocycles. The van der Waals surface area contributed by atoms with Gasteiger partial charge in [0.1, 0.15) is 5.82 Å². The van der Waals surface area contributed by atoms with Crippen molar-refractivity contribution < 1.29 is 9.18 Å². The quantitative estimate of drug-likeness (QED) is 0.885. The third kappa shape index (κ3) is 3.97. The van der Waals surface area contributed by atoms with E-state index in [1.54, 1.807) is 6.07 Å². The number of hydrogen-bond donors (Lipinski definition) is 2. The molecule has 1 rings (SSSR count). The highest BCUT2D eigenvalue weighted by molar-refractivity contribution is 9.10. The second-order valence-corrected chi connectivity index (χ2v) is 3.98. The lowest BCUT2D eigenvalue weighted by Gasteiger charge is -2.06. The maximum atomic E-state index is 13.2. The molecule has 0 aromatic heterocycles. The molecule has 0 atom stereocenters. The van der Waals surface area contributed by atoms with Gasteiger partial charge in [-0.25, -0.2) is 4.39 Å². The first-order valence-electron chi connectivity index (χ1n) is 4.58. The van der Waals surface area contributed by atoms with Gasteiger partial charge in [0, 0.05) is 10.9 Å². The van der Waals surface area contributed by atoms with Crippen molar-refractivity contribution in [3.63, 3.8) is 0 Å². The molecule has 1 amide bonds. The number of benzene rings is 1. The molecule has 0 saturated heterocycles. The number of nitrogens with two attached hydrogens (primary N) is 1. The second kappa shape index (κ2) is 5.82. The Morgan fingerprint density at radius 1 is 1.53 bits per heavy atom. The number of hydrogen-bond acceptors (Lipinski definition) is 2. The molecule has 82 valence electrons. The van der Waals surface area contributed by atoms with E-state index in [9.17, 15) is 9.18 Å². The molecule has 0 heterocycles. The molecule has 3 nitrogen and oxygen atoms in total. The summed E-state index contributed by atoms with van der Waals surface area (Å²) in [7, 11) is 0. The van der Waals surface area contributed by atoms with Crippen LogP contribution in [0.1, 0.15) is 12.8 Å². The Morgan fingerprint density at radius 2 is 2.27 bits per heavy atom. The summed E-state index contributed by atoms with van der Waals surface area (Å²) in [5.41, 5.74) is 5.45. The number of nitrogens with one attached hydrogen (secondary N) is 1. The zero-order chi connectivity index (χ0) is 11.3. The molecular formula is C10H12BrFN2O. The summed E-state index contributed by atoms with van der Waals surface area (Å²) in [5.74, 6) is -0.670. The third-order valence-electron chi connectivity index (χ3n) is 1.81. The first-order chi connectivity index (χ1) is 7.13. The number of rotatable bonds is 4. The summed E-state index contributed by atoms with van der Waals surface area (Å²) < 4.78 is 13.9. The number of halogens is 2. The van der Waals surface area contributed by atoms with E-state index in [0.717, 1.165) is 4.47 Å². The highest BCUT2D eigenvalue weighted by Gasteiger charge is 2.06. The molecule has 0 fully saturated rings. The summed E-state index contributed by atoms with van der Waals surface area (Å²) in [6.45, 7) is 0.453. The van der Waals surface area contributed by atoms with Crippen molar-refractivity contribution >= 4 is 27.5 Å². The van der Waals surface area contributed by atoms with Crippen molar-refractivity contribution in [2.24, 2.45) is 5.73 Å². The van der Waals surface area contributed by atoms with E-state index in [0.29, 0.717) is 19.4 Å². The van der Waals surface area contributed by atoms with Crippen LogP contribution >= 0.6 is 15.9 Å². The third-order valence-corrected chi connectivity index (χ3v) is 2.30. The fraction of sp³-hybridized carbons (Fsp3) is 0.300. The van der Waals surface area contributed by atoms with Crippen LogP contribution in [0.25, 0.3) is 0 Å². The van der Waals surface area contributed by atoms with Gasteiger partial charge in [-0.3, -0.25) is 4.79 Å². The molecule has 3 N–H and O–H groups in total. The maximum Gasteiger partial charge on any atom is 0.224 e. The Bertz CT molecular complexity index is 357. The molecule has 0 aliphatic carbocycles. The Hall–Kier alpha value is -0.940. The zero-order valence-corrected chi connectivity index (χ0v) is 9.68. The zero-order valence-electron chi connectivity index (χ0n) is 8.09. The summed E-state index contributed by atoms with van der Waals surface area (Å²) in [6.07, 6.45) is 0.907. The SMILES string of the molecule is NCCCC(=O)Nc1cc(Br)ccc1F. The van der Waals surface area contributed by atoms with Crippen molar-refractivity contribution in [2.75, 3.05) is 11.9 Å². The predicted octanol–water partition coefficient (Wildman–Crippen LogP) is 2.27. The number of amides is 1. The molecule has 0 unspecified atom stereocenters. The highest BCUT2D eigenvalue weighted by Crippen LogP contribution is 2.20. The minimum atomic E-state index is -0.445. The lowest BCUT2D eigenvalue weighted by atomic mass is 10.2. The topological polar surface area (TPSA) is 55.1 Å². The Labute approximate surface area is 96.0 Å². The van der Waals surface area contributed by atoms with E-state index < -0.39 is 5.82 Å². The molecule has 0 bridgehead atoms. The van der Waals surface area contributed by atoms with Crippen molar-refractivity contribution in [2.45, 2.75) is 12.8 Å². The summed E-state index contributed by atoms with van der Waals surface area (Å²) in [6, 6.07) is 4.39. The molecule has 0 radical (unpaired) electrons. The fourth-order valence-corrected chi connectivity index (χ4v) is 1.43. The largest absolute Gasteiger partial charge is 0.330 e. The second-order valence-electron chi connectivity index (χ2n) is 3.06. The number of anilines is 1. The van der Waals surface area contributed by atoms with Crippen LogP contribution in [0.2, 0.25) is 0 Å². The van der Waals surface area contributed by atoms with Gasteiger partial charge in [-0.05, 0) is 31.2 Å². The van der Waals surface area contributed by atoms with Crippen LogP contribution in [-0.4, -0.2) is 12.5 Å². The minimum Gasteiger partial charge on any atom is -0.330 e. The van der Waals surface area contributed by atoms with E-state index >= 15 is 0 Å². The van der Waals surface area contributed by atoms with Crippen LogP contribution in [0.5, 0.6) is 0 Å². The highest BCUT2D eigenvalue weighted by atomic mass is 79.9. The van der Waals surface area contributed by atoms with Gasteiger partial charge in [0.05, 0.1) is 5.69 Å². The van der Waals surface area contributed by atoms with Crippen LogP contribution in [0, 0.1) is 5.82 Å². The lowest BCUT2D eigenvalue weighted by Crippen LogP contribution is -2.14. The predicted molar refractivity (Wildman–Crippen MR) is 61.0 cm³/mol. The molecule has 0 saturated carbocycles. The average Bonchev–Trinajstić information content (AvgIpc) is 2.20. The molecule has 0 spiro atoms. The van der Waals surface area contributed by atoms with E-state index in [-0.39, 0.29) is 11.6 Å². The van der Waals surface area contributed by atoms with Crippen LogP contribution in [-0.2, 0) is 4.79 Å². The monoisotopic (exact) mass is 274 g/mol. The number of carbonyl (C=O) groups excluding carboxylic acids is 1. The van der Waals surface area contributed by atoms with Crippen LogP contribution in [0.4, 0.5) is 10.1 Å². The van der Waals surface area contributed by atoms with Gasteiger partial charge in [0.25, 0.3) is 0 Å². The molecule has 1 aromatic carbocycles. The fourth-order valence-electron chi connectivity index (χ4n) is 1.07. The van der Waals surface area contributed by atoms with E-state index in [2.05, 4.69) is 21.2 Å². The van der Waals surface area contributed by atoms with Gasteiger partial charge in [-0.2, -0.15) is 0 Å². The van der Waals surface area contributed by atoms with Gasteiger partial charge in [-0.1, -0.05) is 15.9 Å². The molecule has 0 aliphatic rings. The summed E-state index contributed by atoms with van der Waals surface area (Å²) in [4.78, 5) is 11.3. The molecule has 15 heavy (non-hydrogen) atoms. The minimum absolute atomic E-state index is 0.186. The normalized spacial score (nSPS) is 10.1. The van der Waals surface area contributed by atoms with E-state index in [1.807, 2.05) is 0 Å². The van der Waals surface area contributed by atoms with Crippen molar-refractivity contribution in [3.8, 4) is 0 Å². The Balaban J connectivity index is 2.63. The first-order valence-corrected chi connectivity index (χ1v) is 5.37. The Kier molecular flexibility index (Phi) is 4.71. The summed E-state index contributed by atoms with van der Waals surface area (Å²) in [5, 5.41) is 2.49. The van der Waals surface area contributed by atoms with Crippen LogP contribution in [0.3, 0.4) is 0 Å². The molecule has 1 aromatic rings. The lowest BCUT2D eigenvalue weighted by molar-refractivity contribution is -0.116. The number of carbonyl (C=O) groups is 1. The molecular weight excluding hydrogens is 263 g/mol. The van der Waals surface area contributed by atoms with Gasteiger partial charge < -0.3 is 11.1 Å². The smallest absolute Gasteiger partial charge is 0.224 e. The van der Waals surface area contributed by atoms with Gasteiger partial charge >= 0.3 is 0 Å². The van der Waals surface area contributed by atoms with Gasteiger partial charge in [-0.15, -0.1) is 0 Å². The maximum absolute atomic E-state index is 13.2. The van der Waals surface area contributed by atoms with Crippen LogP contribution < -0.4 is 11.1 Å². The van der Waals surface area contributed by atoms with E-state index in [1.165, 1.54) is 12.1 Å². The van der Waals surface area contributed by atoms with Gasteiger partial charge in [0.15, 0.2) is 0 Å². The van der Waals surface area contributed by atoms with Gasteiger partial charge in [0.2, 0.25) is 5.91 Å².